The van der Waals surface area contributed by atoms with Gasteiger partial charge in [-0.25, -0.2) is 4.39 Å². The topological polar surface area (TPSA) is 82.0 Å². The summed E-state index contributed by atoms with van der Waals surface area (Å²) in [6.07, 6.45) is 23.1. The van der Waals surface area contributed by atoms with Gasteiger partial charge >= 0.3 is 0 Å². The second-order valence-electron chi connectivity index (χ2n) is 18.3. The number of halogens is 1. The Labute approximate surface area is 386 Å². The van der Waals surface area contributed by atoms with Gasteiger partial charge in [0.25, 0.3) is 0 Å². The summed E-state index contributed by atoms with van der Waals surface area (Å²) < 4.78 is 14.4. The number of anilines is 1. The maximum atomic E-state index is 14.4. The number of benzene rings is 1. The van der Waals surface area contributed by atoms with Gasteiger partial charge in [-0.3, -0.25) is 14.6 Å². The van der Waals surface area contributed by atoms with Crippen LogP contribution in [0.2, 0.25) is 0 Å². The molecular formula is C56H92FN3O3. The van der Waals surface area contributed by atoms with E-state index in [2.05, 4.69) is 97.0 Å². The highest BCUT2D eigenvalue weighted by atomic mass is 19.1. The smallest absolute Gasteiger partial charge is 0.237 e. The predicted molar refractivity (Wildman–Crippen MR) is 274 cm³/mol. The summed E-state index contributed by atoms with van der Waals surface area (Å²) in [5, 5.41) is 12.1. The molecule has 0 bridgehead atoms. The number of aliphatic hydroxyl groups excluding tert-OH is 1. The standard InChI is InChI=1S/C38H52FN3O.C7H14O2.C7H16.C4H10/c1-10-16-34(33(39)15-6)41-28(9)27(8)35(40-21-13-4)22-26(7)30-17-18-32-36(25-30)42(31-23-29(14-5)24-31)37(43)38(32,19-11-2)20-12-3;1-4-6(8)7(9)5(2)3;1-3-5-7-6-4-2;1-4(2)3/h10,15-18,21-22,25,29,31,41H,6-7,11-14,19-20,23-24H2,1-5,8-9H3;5-6,8H,4H2,1-3H3;3-7H2,1-2H3;4H,1-3H3/b16-10-,28-27+,34-33-,35-22+,40-21?;;;. The SMILES string of the molecule is C=C/C(F)=C(\C=C/C)N/C(C)=C(C)/C(=C\C(=C)c1ccc2c(c1)N(C1CC(CC)C1)C(=O)C2(CCC)CCC)N=CCC.CC(C)C.CCC(O)C(=O)C(C)C.CCCCCCC. The van der Waals surface area contributed by atoms with Gasteiger partial charge in [0, 0.05) is 29.6 Å². The number of nitrogens with one attached hydrogen (secondary N) is 1. The number of ketones is 1. The number of fused-ring (bicyclic) bond motifs is 1. The molecule has 1 heterocycles. The van der Waals surface area contributed by atoms with Crippen molar-refractivity contribution in [3.8, 4) is 0 Å². The highest BCUT2D eigenvalue weighted by Gasteiger charge is 2.53. The van der Waals surface area contributed by atoms with Crippen molar-refractivity contribution in [2.75, 3.05) is 4.90 Å². The van der Waals surface area contributed by atoms with Crippen molar-refractivity contribution in [2.45, 2.75) is 211 Å². The van der Waals surface area contributed by atoms with Crippen LogP contribution in [0.3, 0.4) is 0 Å². The summed E-state index contributed by atoms with van der Waals surface area (Å²) >= 11 is 0. The normalized spacial score (nSPS) is 18.0. The molecule has 0 aromatic heterocycles. The van der Waals surface area contributed by atoms with E-state index >= 15 is 0 Å². The molecule has 3 rings (SSSR count). The van der Waals surface area contributed by atoms with E-state index in [1.807, 2.05) is 40.0 Å². The summed E-state index contributed by atoms with van der Waals surface area (Å²) in [4.78, 5) is 32.0. The average molecular weight is 874 g/mol. The van der Waals surface area contributed by atoms with E-state index in [4.69, 9.17) is 10.1 Å². The highest BCUT2D eigenvalue weighted by Crippen LogP contribution is 2.52. The first-order chi connectivity index (χ1) is 29.9. The van der Waals surface area contributed by atoms with E-state index in [1.54, 1.807) is 32.9 Å². The zero-order valence-electron chi connectivity index (χ0n) is 42.9. The maximum absolute atomic E-state index is 14.4. The molecule has 1 fully saturated rings. The summed E-state index contributed by atoms with van der Waals surface area (Å²) in [5.41, 5.74) is 6.34. The molecular weight excluding hydrogens is 782 g/mol. The quantitative estimate of drug-likeness (QED) is 0.0691. The molecule has 63 heavy (non-hydrogen) atoms. The molecule has 2 N–H and O–H groups in total. The lowest BCUT2D eigenvalue weighted by molar-refractivity contribution is -0.130. The Morgan fingerprint density at radius 1 is 0.968 bits per heavy atom. The van der Waals surface area contributed by atoms with Gasteiger partial charge in [-0.1, -0.05) is 166 Å². The van der Waals surface area contributed by atoms with Crippen molar-refractivity contribution >= 4 is 29.2 Å². The molecule has 0 saturated heterocycles. The van der Waals surface area contributed by atoms with Crippen LogP contribution in [0, 0.1) is 17.8 Å². The Kier molecular flexibility index (Phi) is 30.0. The van der Waals surface area contributed by atoms with Crippen LogP contribution in [0.1, 0.15) is 205 Å². The van der Waals surface area contributed by atoms with Crippen molar-refractivity contribution < 1.29 is 19.1 Å². The third-order valence-corrected chi connectivity index (χ3v) is 11.5. The number of carbonyl (C=O) groups excluding carboxylic acids is 2. The maximum Gasteiger partial charge on any atom is 0.237 e. The minimum absolute atomic E-state index is 0.0417. The average Bonchev–Trinajstić information content (AvgIpc) is 3.46. The summed E-state index contributed by atoms with van der Waals surface area (Å²) in [6.45, 7) is 38.8. The number of unbranched alkanes of at least 4 members (excludes halogenated alkanes) is 4. The third kappa shape index (κ3) is 19.0. The number of aliphatic hydroxyl groups is 1. The Morgan fingerprint density at radius 3 is 1.97 bits per heavy atom. The molecule has 6 nitrogen and oxygen atoms in total. The summed E-state index contributed by atoms with van der Waals surface area (Å²) in [6, 6.07) is 6.74. The van der Waals surface area contributed by atoms with Gasteiger partial charge in [-0.2, -0.15) is 0 Å². The van der Waals surface area contributed by atoms with Crippen LogP contribution >= 0.6 is 0 Å². The minimum Gasteiger partial charge on any atom is -0.385 e. The molecule has 356 valence electrons. The molecule has 0 spiro atoms. The molecule has 1 saturated carbocycles. The molecule has 1 aliphatic heterocycles. The van der Waals surface area contributed by atoms with Crippen LogP contribution in [0.25, 0.3) is 5.57 Å². The minimum atomic E-state index is -0.745. The first kappa shape index (κ1) is 59.2. The molecule has 1 atom stereocenters. The van der Waals surface area contributed by atoms with E-state index in [9.17, 15) is 14.0 Å². The van der Waals surface area contributed by atoms with Gasteiger partial charge in [0.05, 0.1) is 16.8 Å². The molecule has 7 heteroatoms. The van der Waals surface area contributed by atoms with Gasteiger partial charge in [0.15, 0.2) is 5.78 Å². The lowest BCUT2D eigenvalue weighted by Crippen LogP contribution is -2.50. The van der Waals surface area contributed by atoms with Gasteiger partial charge in [0.2, 0.25) is 5.91 Å². The van der Waals surface area contributed by atoms with Gasteiger partial charge in [-0.05, 0) is 118 Å². The Balaban J connectivity index is 0.00000158. The summed E-state index contributed by atoms with van der Waals surface area (Å²) in [7, 11) is 0. The van der Waals surface area contributed by atoms with E-state index in [-0.39, 0.29) is 23.7 Å². The van der Waals surface area contributed by atoms with Gasteiger partial charge in [-0.15, -0.1) is 0 Å². The first-order valence-corrected chi connectivity index (χ1v) is 24.6. The Morgan fingerprint density at radius 2 is 1.54 bits per heavy atom. The third-order valence-electron chi connectivity index (χ3n) is 11.5. The van der Waals surface area contributed by atoms with E-state index in [1.165, 1.54) is 43.7 Å². The molecule has 0 radical (unpaired) electrons. The van der Waals surface area contributed by atoms with E-state index in [0.29, 0.717) is 18.0 Å². The molecule has 1 aliphatic carbocycles. The second kappa shape index (κ2) is 31.9. The van der Waals surface area contributed by atoms with Crippen molar-refractivity contribution in [3.05, 3.63) is 95.3 Å². The molecule has 1 amide bonds. The van der Waals surface area contributed by atoms with Crippen LogP contribution in [-0.4, -0.2) is 35.2 Å². The Hall–Kier alpha value is -3.84. The van der Waals surface area contributed by atoms with Gasteiger partial charge < -0.3 is 15.3 Å². The van der Waals surface area contributed by atoms with Crippen LogP contribution in [-0.2, 0) is 15.0 Å². The van der Waals surface area contributed by atoms with Gasteiger partial charge in [0.1, 0.15) is 11.9 Å². The first-order valence-electron chi connectivity index (χ1n) is 24.6. The molecule has 1 aromatic rings. The largest absolute Gasteiger partial charge is 0.385 e. The molecule has 2 aliphatic rings. The van der Waals surface area contributed by atoms with Crippen LogP contribution in [0.4, 0.5) is 10.1 Å². The van der Waals surface area contributed by atoms with Crippen molar-refractivity contribution in [2.24, 2.45) is 22.7 Å². The monoisotopic (exact) mass is 874 g/mol. The lowest BCUT2D eigenvalue weighted by Gasteiger charge is -2.42. The van der Waals surface area contributed by atoms with Crippen molar-refractivity contribution in [3.63, 3.8) is 0 Å². The van der Waals surface area contributed by atoms with Crippen molar-refractivity contribution in [1.82, 2.24) is 5.32 Å². The fraction of sp³-hybridized carbons (Fsp3) is 0.625. The second-order valence-corrected chi connectivity index (χ2v) is 18.3. The number of hydrogen-bond donors (Lipinski definition) is 2. The molecule has 1 unspecified atom stereocenters. The van der Waals surface area contributed by atoms with E-state index in [0.717, 1.165) is 91.1 Å². The molecule has 1 aromatic carbocycles. The van der Waals surface area contributed by atoms with Crippen LogP contribution in [0.15, 0.2) is 89.1 Å². The number of Topliss-reactive ketones (excluding diaryl/α,β-unsaturated/α-hetero) is 1. The fourth-order valence-corrected chi connectivity index (χ4v) is 7.75. The lowest BCUT2D eigenvalue weighted by atomic mass is 9.73. The number of hydrogen-bond acceptors (Lipinski definition) is 5. The Bertz CT molecular complexity index is 1690. The van der Waals surface area contributed by atoms with Crippen LogP contribution in [0.5, 0.6) is 0 Å². The van der Waals surface area contributed by atoms with Crippen LogP contribution < -0.4 is 10.2 Å². The zero-order valence-corrected chi connectivity index (χ0v) is 42.9. The number of allylic oxidation sites excluding steroid dienone is 8. The highest BCUT2D eigenvalue weighted by molar-refractivity contribution is 6.09. The number of rotatable bonds is 22. The fourth-order valence-electron chi connectivity index (χ4n) is 7.75. The number of amides is 1. The van der Waals surface area contributed by atoms with E-state index < -0.39 is 17.3 Å². The van der Waals surface area contributed by atoms with Crippen molar-refractivity contribution in [1.29, 1.82) is 0 Å². The number of nitrogens with zero attached hydrogens (tertiary/aromatic N) is 2. The number of carbonyl (C=O) groups is 2. The zero-order chi connectivity index (χ0) is 48.3. The summed E-state index contributed by atoms with van der Waals surface area (Å²) in [5.74, 6) is 1.30. The predicted octanol–water partition coefficient (Wildman–Crippen LogP) is 15.9. The number of aliphatic imine (C=N–C) groups is 1.